The second kappa shape index (κ2) is 11.5. The topological polar surface area (TPSA) is 87.5 Å². The highest BCUT2D eigenvalue weighted by atomic mass is 19.1. The number of amides is 2. The smallest absolute Gasteiger partial charge is 0.290 e. The van der Waals surface area contributed by atoms with E-state index in [4.69, 9.17) is 4.52 Å². The lowest BCUT2D eigenvalue weighted by Crippen LogP contribution is -2.58. The maximum absolute atomic E-state index is 14.2. The fourth-order valence-electron chi connectivity index (χ4n) is 6.35. The van der Waals surface area contributed by atoms with Crippen LogP contribution in [0.15, 0.2) is 59.1 Å². The Bertz CT molecular complexity index is 1360. The van der Waals surface area contributed by atoms with Crippen molar-refractivity contribution in [3.63, 3.8) is 0 Å². The summed E-state index contributed by atoms with van der Waals surface area (Å²) in [6.45, 7) is 1.39. The Balaban J connectivity index is 1.15. The van der Waals surface area contributed by atoms with Gasteiger partial charge in [-0.2, -0.15) is 0 Å². The Hall–Kier alpha value is -3.59. The number of carbonyl (C=O) groups excluding carboxylic acids is 2. The third kappa shape index (κ3) is 5.80. The number of nitrogens with one attached hydrogen (secondary N) is 2. The van der Waals surface area contributed by atoms with Gasteiger partial charge in [0.2, 0.25) is 11.7 Å². The van der Waals surface area contributed by atoms with Gasteiger partial charge in [-0.15, -0.1) is 0 Å². The quantitative estimate of drug-likeness (QED) is 0.432. The molecule has 4 atom stereocenters. The molecule has 0 unspecified atom stereocenters. The molecule has 1 aromatic heterocycles. The predicted octanol–water partition coefficient (Wildman–Crippen LogP) is 5.05. The van der Waals surface area contributed by atoms with E-state index in [1.165, 1.54) is 37.0 Å². The minimum Gasteiger partial charge on any atom is -0.352 e. The van der Waals surface area contributed by atoms with E-state index in [2.05, 4.69) is 32.8 Å². The molecular weight excluding hydrogens is 514 g/mol. The molecule has 2 N–H and O–H groups in total. The number of benzene rings is 2. The number of halogens is 2. The second-order valence-corrected chi connectivity index (χ2v) is 11.3. The Kier molecular flexibility index (Phi) is 7.65. The summed E-state index contributed by atoms with van der Waals surface area (Å²) < 4.78 is 32.8. The van der Waals surface area contributed by atoms with Crippen molar-refractivity contribution in [1.82, 2.24) is 20.7 Å². The first-order valence-corrected chi connectivity index (χ1v) is 14.3. The average Bonchev–Trinajstić information content (AvgIpc) is 3.56. The zero-order valence-electron chi connectivity index (χ0n) is 22.3. The van der Waals surface area contributed by atoms with E-state index in [1.54, 1.807) is 0 Å². The predicted molar refractivity (Wildman–Crippen MR) is 145 cm³/mol. The van der Waals surface area contributed by atoms with Crippen LogP contribution in [0.25, 0.3) is 11.3 Å². The fraction of sp³-hybridized carbons (Fsp3) is 0.452. The van der Waals surface area contributed by atoms with Crippen molar-refractivity contribution >= 4 is 11.8 Å². The molecule has 210 valence electrons. The van der Waals surface area contributed by atoms with Gasteiger partial charge in [0, 0.05) is 54.8 Å². The van der Waals surface area contributed by atoms with Crippen molar-refractivity contribution in [1.29, 1.82) is 0 Å². The summed E-state index contributed by atoms with van der Waals surface area (Å²) >= 11 is 0. The number of piperidine rings is 1. The fourth-order valence-corrected chi connectivity index (χ4v) is 6.35. The van der Waals surface area contributed by atoms with Crippen molar-refractivity contribution in [3.05, 3.63) is 77.6 Å². The van der Waals surface area contributed by atoms with E-state index in [0.717, 1.165) is 37.9 Å². The SMILES string of the molecule is O=C(N[C@@H]1CCN(C2CCCCC2)C[C@H]1C(=O)N[C@@H]1C[C@H]1c1ccccc1)c1cc(-c2ccc(F)cc2F)no1. The van der Waals surface area contributed by atoms with E-state index in [9.17, 15) is 18.4 Å². The van der Waals surface area contributed by atoms with Gasteiger partial charge >= 0.3 is 0 Å². The maximum atomic E-state index is 14.2. The summed E-state index contributed by atoms with van der Waals surface area (Å²) in [6.07, 6.45) is 7.52. The molecule has 2 amide bonds. The Morgan fingerprint density at radius 3 is 2.50 bits per heavy atom. The highest BCUT2D eigenvalue weighted by Gasteiger charge is 2.43. The van der Waals surface area contributed by atoms with Gasteiger partial charge in [0.25, 0.3) is 5.91 Å². The third-order valence-electron chi connectivity index (χ3n) is 8.68. The summed E-state index contributed by atoms with van der Waals surface area (Å²) in [5.41, 5.74) is 1.37. The summed E-state index contributed by atoms with van der Waals surface area (Å²) in [6, 6.07) is 14.9. The Morgan fingerprint density at radius 2 is 1.73 bits per heavy atom. The van der Waals surface area contributed by atoms with Crippen LogP contribution in [0.5, 0.6) is 0 Å². The van der Waals surface area contributed by atoms with Crippen molar-refractivity contribution in [2.75, 3.05) is 13.1 Å². The van der Waals surface area contributed by atoms with E-state index < -0.39 is 23.5 Å². The van der Waals surface area contributed by atoms with Crippen LogP contribution in [0.1, 0.15) is 67.0 Å². The normalized spacial score (nSPS) is 25.4. The molecule has 2 saturated carbocycles. The van der Waals surface area contributed by atoms with Crippen LogP contribution in [-0.2, 0) is 4.79 Å². The van der Waals surface area contributed by atoms with E-state index in [0.29, 0.717) is 24.9 Å². The minimum atomic E-state index is -0.791. The second-order valence-electron chi connectivity index (χ2n) is 11.3. The molecule has 2 heterocycles. The standard InChI is InChI=1S/C31H34F2N4O3/c32-20-11-12-22(25(33)15-20)28-17-29(40-36-28)31(39)34-26-13-14-37(21-9-5-2-6-10-21)18-24(26)30(38)35-27-16-23(27)19-7-3-1-4-8-19/h1,3-4,7-8,11-12,15,17,21,23-24,26-27H,2,5-6,9-10,13-14,16,18H2,(H,34,39)(H,35,38)/t23-,24+,26+,27+/m0/s1. The Morgan fingerprint density at radius 1 is 0.925 bits per heavy atom. The Labute approximate surface area is 232 Å². The molecular formula is C31H34F2N4O3. The van der Waals surface area contributed by atoms with E-state index in [1.807, 2.05) is 18.2 Å². The number of carbonyl (C=O) groups is 2. The van der Waals surface area contributed by atoms with Crippen LogP contribution in [-0.4, -0.2) is 53.1 Å². The number of rotatable bonds is 7. The van der Waals surface area contributed by atoms with Crippen LogP contribution in [0.3, 0.4) is 0 Å². The van der Waals surface area contributed by atoms with Gasteiger partial charge in [0.15, 0.2) is 0 Å². The number of likely N-dealkylation sites (tertiary alicyclic amines) is 1. The molecule has 2 aromatic carbocycles. The van der Waals surface area contributed by atoms with Crippen LogP contribution in [0.2, 0.25) is 0 Å². The van der Waals surface area contributed by atoms with Gasteiger partial charge in [-0.3, -0.25) is 14.5 Å². The van der Waals surface area contributed by atoms with Gasteiger partial charge in [0.05, 0.1) is 5.92 Å². The molecule has 2 aliphatic carbocycles. The lowest BCUT2D eigenvalue weighted by molar-refractivity contribution is -0.128. The first-order valence-electron chi connectivity index (χ1n) is 14.3. The van der Waals surface area contributed by atoms with Crippen molar-refractivity contribution in [2.24, 2.45) is 5.92 Å². The van der Waals surface area contributed by atoms with Gasteiger partial charge in [0.1, 0.15) is 17.3 Å². The lowest BCUT2D eigenvalue weighted by atomic mass is 9.87. The van der Waals surface area contributed by atoms with Gasteiger partial charge < -0.3 is 15.2 Å². The molecule has 3 fully saturated rings. The molecule has 3 aromatic rings. The molecule has 1 aliphatic heterocycles. The zero-order valence-corrected chi connectivity index (χ0v) is 22.3. The number of hydrogen-bond acceptors (Lipinski definition) is 5. The average molecular weight is 549 g/mol. The van der Waals surface area contributed by atoms with Crippen molar-refractivity contribution in [2.45, 2.75) is 69.0 Å². The van der Waals surface area contributed by atoms with Crippen LogP contribution >= 0.6 is 0 Å². The number of nitrogens with zero attached hydrogens (tertiary/aromatic N) is 2. The molecule has 6 rings (SSSR count). The lowest BCUT2D eigenvalue weighted by Gasteiger charge is -2.43. The van der Waals surface area contributed by atoms with E-state index >= 15 is 0 Å². The molecule has 7 nitrogen and oxygen atoms in total. The summed E-state index contributed by atoms with van der Waals surface area (Å²) in [5, 5.41) is 10.1. The van der Waals surface area contributed by atoms with Crippen LogP contribution < -0.4 is 10.6 Å². The molecule has 3 aliphatic rings. The molecule has 40 heavy (non-hydrogen) atoms. The number of aromatic nitrogens is 1. The molecule has 0 spiro atoms. The highest BCUT2D eigenvalue weighted by Crippen LogP contribution is 2.41. The maximum Gasteiger partial charge on any atom is 0.290 e. The van der Waals surface area contributed by atoms with Crippen LogP contribution in [0.4, 0.5) is 8.78 Å². The first kappa shape index (κ1) is 26.6. The molecule has 9 heteroatoms. The zero-order chi connectivity index (χ0) is 27.6. The van der Waals surface area contributed by atoms with Gasteiger partial charge in [-0.05, 0) is 43.4 Å². The first-order chi connectivity index (χ1) is 19.5. The van der Waals surface area contributed by atoms with Crippen molar-refractivity contribution in [3.8, 4) is 11.3 Å². The molecule has 1 saturated heterocycles. The summed E-state index contributed by atoms with van der Waals surface area (Å²) in [7, 11) is 0. The third-order valence-corrected chi connectivity index (χ3v) is 8.68. The van der Waals surface area contributed by atoms with Crippen LogP contribution in [0, 0.1) is 17.6 Å². The van der Waals surface area contributed by atoms with Gasteiger partial charge in [-0.1, -0.05) is 54.8 Å². The van der Waals surface area contributed by atoms with E-state index in [-0.39, 0.29) is 35.0 Å². The number of hydrogen-bond donors (Lipinski definition) is 2. The highest BCUT2D eigenvalue weighted by molar-refractivity contribution is 5.93. The largest absolute Gasteiger partial charge is 0.352 e. The monoisotopic (exact) mass is 548 g/mol. The molecule has 0 bridgehead atoms. The minimum absolute atomic E-state index is 0.0408. The molecule has 0 radical (unpaired) electrons. The van der Waals surface area contributed by atoms with Crippen molar-refractivity contribution < 1.29 is 22.9 Å². The summed E-state index contributed by atoms with van der Waals surface area (Å²) in [4.78, 5) is 29.2. The van der Waals surface area contributed by atoms with Gasteiger partial charge in [-0.25, -0.2) is 8.78 Å². The summed E-state index contributed by atoms with van der Waals surface area (Å²) in [5.74, 6) is -2.22.